The normalized spacial score (nSPS) is 22.4. The number of amides is 1. The zero-order valence-electron chi connectivity index (χ0n) is 15.4. The fourth-order valence-corrected chi connectivity index (χ4v) is 4.98. The van der Waals surface area contributed by atoms with E-state index < -0.39 is 5.60 Å². The van der Waals surface area contributed by atoms with Gasteiger partial charge in [0.1, 0.15) is 5.60 Å². The molecule has 2 unspecified atom stereocenters. The Bertz CT molecular complexity index is 974. The summed E-state index contributed by atoms with van der Waals surface area (Å²) in [6, 6.07) is 5.31. The van der Waals surface area contributed by atoms with Crippen molar-refractivity contribution in [1.82, 2.24) is 20.1 Å². The third-order valence-electron chi connectivity index (χ3n) is 5.34. The van der Waals surface area contributed by atoms with Gasteiger partial charge in [0.15, 0.2) is 0 Å². The maximum absolute atomic E-state index is 13.2. The molecule has 4 heterocycles. The summed E-state index contributed by atoms with van der Waals surface area (Å²) < 4.78 is 0. The van der Waals surface area contributed by atoms with Crippen molar-refractivity contribution in [2.24, 2.45) is 0 Å². The molecule has 0 saturated carbocycles. The number of aliphatic hydroxyl groups is 1. The Balaban J connectivity index is 1.55. The number of H-pyrrole nitrogens is 1. The van der Waals surface area contributed by atoms with Crippen LogP contribution in [0.2, 0.25) is 5.02 Å². The van der Waals surface area contributed by atoms with Crippen LogP contribution in [-0.2, 0) is 5.60 Å². The van der Waals surface area contributed by atoms with E-state index in [4.69, 9.17) is 11.6 Å². The average Bonchev–Trinajstić information content (AvgIpc) is 3.39. The van der Waals surface area contributed by atoms with Gasteiger partial charge in [0, 0.05) is 47.2 Å². The number of likely N-dealkylation sites (tertiary alicyclic amines) is 1. The van der Waals surface area contributed by atoms with Crippen LogP contribution < -0.4 is 0 Å². The van der Waals surface area contributed by atoms with E-state index in [2.05, 4.69) is 15.2 Å². The van der Waals surface area contributed by atoms with Gasteiger partial charge < -0.3 is 10.0 Å². The molecule has 2 N–H and O–H groups in total. The van der Waals surface area contributed by atoms with E-state index in [1.54, 1.807) is 24.5 Å². The molecular formula is C20H21ClN4O2S. The van der Waals surface area contributed by atoms with Crippen LogP contribution in [0.25, 0.3) is 10.4 Å². The summed E-state index contributed by atoms with van der Waals surface area (Å²) in [6.07, 6.45) is 6.77. The van der Waals surface area contributed by atoms with Gasteiger partial charge in [-0.3, -0.25) is 14.9 Å². The Kier molecular flexibility index (Phi) is 5.23. The van der Waals surface area contributed by atoms with Gasteiger partial charge in [-0.2, -0.15) is 5.10 Å². The number of thiophene rings is 1. The standard InChI is InChI=1S/C20H21ClN4O2S/c1-2-15-9-20(27,18-16(21)4-3-6-22-18)5-7-25(15)19(26)13-8-17(28-12-13)14-10-23-24-11-14/h3-4,6,8,10-12,15,27H,2,5,7,9H2,1H3,(H,23,24). The fraction of sp³-hybridized carbons (Fsp3) is 0.350. The lowest BCUT2D eigenvalue weighted by Gasteiger charge is -2.43. The third kappa shape index (κ3) is 3.45. The van der Waals surface area contributed by atoms with Crippen molar-refractivity contribution < 1.29 is 9.90 Å². The van der Waals surface area contributed by atoms with Gasteiger partial charge in [0.2, 0.25) is 0 Å². The topological polar surface area (TPSA) is 82.1 Å². The summed E-state index contributed by atoms with van der Waals surface area (Å²) in [5, 5.41) is 20.3. The summed E-state index contributed by atoms with van der Waals surface area (Å²) in [5.41, 5.74) is 1.02. The van der Waals surface area contributed by atoms with E-state index >= 15 is 0 Å². The first-order valence-corrected chi connectivity index (χ1v) is 10.5. The number of hydrogen-bond donors (Lipinski definition) is 2. The van der Waals surface area contributed by atoms with Crippen LogP contribution in [0.1, 0.15) is 42.2 Å². The molecule has 1 amide bonds. The van der Waals surface area contributed by atoms with Crippen molar-refractivity contribution in [2.45, 2.75) is 37.8 Å². The number of pyridine rings is 1. The second-order valence-electron chi connectivity index (χ2n) is 7.07. The number of piperidine rings is 1. The molecule has 4 rings (SSSR count). The number of carbonyl (C=O) groups is 1. The molecular weight excluding hydrogens is 396 g/mol. The van der Waals surface area contributed by atoms with Crippen molar-refractivity contribution in [3.8, 4) is 10.4 Å². The minimum atomic E-state index is -1.12. The van der Waals surface area contributed by atoms with Crippen molar-refractivity contribution in [2.75, 3.05) is 6.54 Å². The lowest BCUT2D eigenvalue weighted by atomic mass is 9.82. The maximum atomic E-state index is 13.2. The molecule has 2 atom stereocenters. The minimum Gasteiger partial charge on any atom is -0.383 e. The first kappa shape index (κ1) is 19.1. The largest absolute Gasteiger partial charge is 0.383 e. The molecule has 0 radical (unpaired) electrons. The number of halogens is 1. The molecule has 6 nitrogen and oxygen atoms in total. The second-order valence-corrected chi connectivity index (χ2v) is 8.39. The predicted octanol–water partition coefficient (Wildman–Crippen LogP) is 4.09. The summed E-state index contributed by atoms with van der Waals surface area (Å²) >= 11 is 7.80. The first-order chi connectivity index (χ1) is 13.5. The first-order valence-electron chi connectivity index (χ1n) is 9.24. The highest BCUT2D eigenvalue weighted by molar-refractivity contribution is 7.13. The van der Waals surface area contributed by atoms with Crippen molar-refractivity contribution >= 4 is 28.8 Å². The Morgan fingerprint density at radius 2 is 2.39 bits per heavy atom. The molecule has 3 aromatic rings. The van der Waals surface area contributed by atoms with Gasteiger partial charge in [-0.05, 0) is 31.0 Å². The van der Waals surface area contributed by atoms with Gasteiger partial charge in [-0.1, -0.05) is 18.5 Å². The molecule has 1 saturated heterocycles. The summed E-state index contributed by atoms with van der Waals surface area (Å²) in [4.78, 5) is 20.3. The van der Waals surface area contributed by atoms with Crippen molar-refractivity contribution in [3.05, 3.63) is 58.4 Å². The Labute approximate surface area is 172 Å². The number of hydrogen-bond acceptors (Lipinski definition) is 5. The van der Waals surface area contributed by atoms with E-state index in [1.807, 2.05) is 29.5 Å². The van der Waals surface area contributed by atoms with Crippen LogP contribution >= 0.6 is 22.9 Å². The third-order valence-corrected chi connectivity index (χ3v) is 6.63. The molecule has 1 aliphatic rings. The molecule has 28 heavy (non-hydrogen) atoms. The van der Waals surface area contributed by atoms with Crippen molar-refractivity contribution in [3.63, 3.8) is 0 Å². The van der Waals surface area contributed by atoms with Crippen LogP contribution in [-0.4, -0.2) is 43.7 Å². The quantitative estimate of drug-likeness (QED) is 0.671. The van der Waals surface area contributed by atoms with E-state index in [1.165, 1.54) is 11.3 Å². The monoisotopic (exact) mass is 416 g/mol. The fourth-order valence-electron chi connectivity index (χ4n) is 3.82. The molecule has 1 aliphatic heterocycles. The van der Waals surface area contributed by atoms with Crippen LogP contribution in [0.15, 0.2) is 42.2 Å². The van der Waals surface area contributed by atoms with Gasteiger partial charge >= 0.3 is 0 Å². The van der Waals surface area contributed by atoms with E-state index in [-0.39, 0.29) is 11.9 Å². The maximum Gasteiger partial charge on any atom is 0.254 e. The Hall–Kier alpha value is -2.22. The van der Waals surface area contributed by atoms with Gasteiger partial charge in [0.05, 0.1) is 22.5 Å². The van der Waals surface area contributed by atoms with Gasteiger partial charge in [0.25, 0.3) is 5.91 Å². The van der Waals surface area contributed by atoms with Crippen LogP contribution in [0.4, 0.5) is 0 Å². The highest BCUT2D eigenvalue weighted by Crippen LogP contribution is 2.39. The number of rotatable bonds is 4. The number of nitrogens with zero attached hydrogens (tertiary/aromatic N) is 3. The lowest BCUT2D eigenvalue weighted by Crippen LogP contribution is -2.51. The Morgan fingerprint density at radius 1 is 1.54 bits per heavy atom. The highest BCUT2D eigenvalue weighted by Gasteiger charge is 2.42. The number of aromatic nitrogens is 3. The van der Waals surface area contributed by atoms with E-state index in [9.17, 15) is 9.90 Å². The molecule has 0 spiro atoms. The lowest BCUT2D eigenvalue weighted by molar-refractivity contribution is -0.0473. The molecule has 146 valence electrons. The smallest absolute Gasteiger partial charge is 0.254 e. The van der Waals surface area contributed by atoms with Gasteiger partial charge in [-0.25, -0.2) is 0 Å². The molecule has 3 aromatic heterocycles. The zero-order valence-corrected chi connectivity index (χ0v) is 17.0. The minimum absolute atomic E-state index is 0.00740. The zero-order chi connectivity index (χ0) is 19.7. The number of carbonyl (C=O) groups excluding carboxylic acids is 1. The van der Waals surface area contributed by atoms with E-state index in [0.717, 1.165) is 16.9 Å². The predicted molar refractivity (Wildman–Crippen MR) is 109 cm³/mol. The molecule has 8 heteroatoms. The van der Waals surface area contributed by atoms with Crippen LogP contribution in [0.3, 0.4) is 0 Å². The summed E-state index contributed by atoms with van der Waals surface area (Å²) in [7, 11) is 0. The SMILES string of the molecule is CCC1CC(O)(c2ncccc2Cl)CCN1C(=O)c1csc(-c2cn[nH]c2)c1. The summed E-state index contributed by atoms with van der Waals surface area (Å²) in [5.74, 6) is -0.00740. The van der Waals surface area contributed by atoms with Crippen molar-refractivity contribution in [1.29, 1.82) is 0 Å². The molecule has 0 aromatic carbocycles. The molecule has 0 bridgehead atoms. The van der Waals surface area contributed by atoms with E-state index in [0.29, 0.717) is 35.7 Å². The highest BCUT2D eigenvalue weighted by atomic mass is 35.5. The Morgan fingerprint density at radius 3 is 3.11 bits per heavy atom. The van der Waals surface area contributed by atoms with Crippen LogP contribution in [0, 0.1) is 0 Å². The number of aromatic amines is 1. The second kappa shape index (κ2) is 7.66. The molecule has 0 aliphatic carbocycles. The molecule has 1 fully saturated rings. The number of nitrogens with one attached hydrogen (secondary N) is 1. The summed E-state index contributed by atoms with van der Waals surface area (Å²) in [6.45, 7) is 2.48. The van der Waals surface area contributed by atoms with Gasteiger partial charge in [-0.15, -0.1) is 11.3 Å². The van der Waals surface area contributed by atoms with Crippen LogP contribution in [0.5, 0.6) is 0 Å². The average molecular weight is 417 g/mol.